The third-order valence-corrected chi connectivity index (χ3v) is 1.85. The van der Waals surface area contributed by atoms with Crippen LogP contribution in [0.25, 0.3) is 0 Å². The molecule has 9 heteroatoms. The van der Waals surface area contributed by atoms with Gasteiger partial charge in [0.2, 0.25) is 0 Å². The summed E-state index contributed by atoms with van der Waals surface area (Å²) in [5.74, 6) is -11.4. The predicted octanol–water partition coefficient (Wildman–Crippen LogP) is 3.22. The van der Waals surface area contributed by atoms with Crippen LogP contribution in [0, 0.1) is 0 Å². The summed E-state index contributed by atoms with van der Waals surface area (Å²) in [6.45, 7) is 1.19. The number of rotatable bonds is 6. The Balaban J connectivity index is 4.88. The molecular weight excluding hydrogens is 261 g/mol. The highest BCUT2D eigenvalue weighted by Gasteiger charge is 2.73. The van der Waals surface area contributed by atoms with Crippen LogP contribution >= 0.6 is 0 Å². The van der Waals surface area contributed by atoms with Crippen molar-refractivity contribution in [2.75, 3.05) is 13.7 Å². The molecule has 0 saturated carbocycles. The second-order valence-electron chi connectivity index (χ2n) is 3.10. The maximum atomic E-state index is 12.8. The standard InChI is InChI=1S/C8H11F7O2/c1-3-17-5(16-2)4-6(9,10)7(11,12)8(13,14)15/h5H,3-4H2,1-2H3. The van der Waals surface area contributed by atoms with Crippen molar-refractivity contribution in [2.24, 2.45) is 0 Å². The highest BCUT2D eigenvalue weighted by atomic mass is 19.4. The maximum Gasteiger partial charge on any atom is 0.459 e. The van der Waals surface area contributed by atoms with Crippen LogP contribution in [0.2, 0.25) is 0 Å². The van der Waals surface area contributed by atoms with E-state index in [9.17, 15) is 30.7 Å². The number of hydrogen-bond acceptors (Lipinski definition) is 2. The van der Waals surface area contributed by atoms with Crippen LogP contribution in [0.5, 0.6) is 0 Å². The molecule has 0 aromatic carbocycles. The lowest BCUT2D eigenvalue weighted by atomic mass is 10.1. The summed E-state index contributed by atoms with van der Waals surface area (Å²) in [7, 11) is 0.863. The lowest BCUT2D eigenvalue weighted by Crippen LogP contribution is -2.53. The fraction of sp³-hybridized carbons (Fsp3) is 1.00. The number of alkyl halides is 7. The third-order valence-electron chi connectivity index (χ3n) is 1.85. The van der Waals surface area contributed by atoms with Crippen molar-refractivity contribution in [3.63, 3.8) is 0 Å². The van der Waals surface area contributed by atoms with Crippen molar-refractivity contribution < 1.29 is 40.2 Å². The van der Waals surface area contributed by atoms with Crippen molar-refractivity contribution >= 4 is 0 Å². The van der Waals surface area contributed by atoms with Crippen molar-refractivity contribution in [2.45, 2.75) is 37.7 Å². The first-order valence-corrected chi connectivity index (χ1v) is 4.46. The molecule has 0 heterocycles. The number of ether oxygens (including phenoxy) is 2. The van der Waals surface area contributed by atoms with Gasteiger partial charge < -0.3 is 9.47 Å². The van der Waals surface area contributed by atoms with Gasteiger partial charge in [0.15, 0.2) is 6.29 Å². The number of halogens is 7. The summed E-state index contributed by atoms with van der Waals surface area (Å²) in [6, 6.07) is 0. The van der Waals surface area contributed by atoms with Crippen LogP contribution in [0.3, 0.4) is 0 Å². The molecule has 0 aliphatic heterocycles. The van der Waals surface area contributed by atoms with Crippen LogP contribution in [0.15, 0.2) is 0 Å². The largest absolute Gasteiger partial charge is 0.459 e. The Kier molecular flexibility index (Phi) is 5.20. The SMILES string of the molecule is CCOC(CC(F)(F)C(F)(F)C(F)(F)F)OC. The second-order valence-corrected chi connectivity index (χ2v) is 3.10. The minimum atomic E-state index is -6.33. The van der Waals surface area contributed by atoms with E-state index >= 15 is 0 Å². The van der Waals surface area contributed by atoms with Gasteiger partial charge in [-0.3, -0.25) is 0 Å². The molecular formula is C8H11F7O2. The van der Waals surface area contributed by atoms with Crippen LogP contribution < -0.4 is 0 Å². The van der Waals surface area contributed by atoms with E-state index in [4.69, 9.17) is 0 Å². The lowest BCUT2D eigenvalue weighted by Gasteiger charge is -2.30. The Morgan fingerprint density at radius 2 is 1.47 bits per heavy atom. The fourth-order valence-electron chi connectivity index (χ4n) is 0.941. The monoisotopic (exact) mass is 272 g/mol. The summed E-state index contributed by atoms with van der Waals surface area (Å²) < 4.78 is 94.5. The highest BCUT2D eigenvalue weighted by molar-refractivity contribution is 4.91. The quantitative estimate of drug-likeness (QED) is 0.546. The van der Waals surface area contributed by atoms with Crippen molar-refractivity contribution in [1.29, 1.82) is 0 Å². The Morgan fingerprint density at radius 3 is 1.76 bits per heavy atom. The Bertz CT molecular complexity index is 239. The summed E-state index contributed by atoms with van der Waals surface area (Å²) >= 11 is 0. The normalized spacial score (nSPS) is 16.1. The van der Waals surface area contributed by atoms with Gasteiger partial charge in [-0.2, -0.15) is 30.7 Å². The predicted molar refractivity (Wildman–Crippen MR) is 43.0 cm³/mol. The molecule has 1 unspecified atom stereocenters. The second kappa shape index (κ2) is 5.38. The van der Waals surface area contributed by atoms with Gasteiger partial charge in [0, 0.05) is 13.7 Å². The third kappa shape index (κ3) is 3.70. The molecule has 2 nitrogen and oxygen atoms in total. The van der Waals surface area contributed by atoms with Crippen LogP contribution in [-0.4, -0.2) is 38.0 Å². The van der Waals surface area contributed by atoms with E-state index in [1.807, 2.05) is 0 Å². The van der Waals surface area contributed by atoms with E-state index in [2.05, 4.69) is 9.47 Å². The molecule has 0 aliphatic rings. The number of methoxy groups -OCH3 is 1. The van der Waals surface area contributed by atoms with Gasteiger partial charge in [-0.15, -0.1) is 0 Å². The Hall–Kier alpha value is -0.570. The van der Waals surface area contributed by atoms with Gasteiger partial charge in [-0.05, 0) is 6.92 Å². The van der Waals surface area contributed by atoms with E-state index < -0.39 is 30.7 Å². The molecule has 0 amide bonds. The van der Waals surface area contributed by atoms with E-state index in [0.717, 1.165) is 7.11 Å². The molecule has 0 aromatic rings. The summed E-state index contributed by atoms with van der Waals surface area (Å²) in [6.07, 6.45) is -10.0. The molecule has 104 valence electrons. The van der Waals surface area contributed by atoms with Gasteiger partial charge >= 0.3 is 18.0 Å². The minimum Gasteiger partial charge on any atom is -0.356 e. The molecule has 0 rings (SSSR count). The fourth-order valence-corrected chi connectivity index (χ4v) is 0.941. The van der Waals surface area contributed by atoms with Gasteiger partial charge in [0.05, 0.1) is 6.42 Å². The Morgan fingerprint density at radius 1 is 1.00 bits per heavy atom. The van der Waals surface area contributed by atoms with Gasteiger partial charge in [0.1, 0.15) is 0 Å². The topological polar surface area (TPSA) is 18.5 Å². The van der Waals surface area contributed by atoms with E-state index in [0.29, 0.717) is 0 Å². The van der Waals surface area contributed by atoms with Gasteiger partial charge in [-0.25, -0.2) is 0 Å². The van der Waals surface area contributed by atoms with E-state index in [1.54, 1.807) is 0 Å². The molecule has 0 radical (unpaired) electrons. The van der Waals surface area contributed by atoms with Crippen LogP contribution in [-0.2, 0) is 9.47 Å². The lowest BCUT2D eigenvalue weighted by molar-refractivity contribution is -0.363. The maximum absolute atomic E-state index is 12.8. The molecule has 0 saturated heterocycles. The molecule has 0 aromatic heterocycles. The van der Waals surface area contributed by atoms with Crippen molar-refractivity contribution in [1.82, 2.24) is 0 Å². The average molecular weight is 272 g/mol. The summed E-state index contributed by atoms with van der Waals surface area (Å²) in [4.78, 5) is 0. The van der Waals surface area contributed by atoms with Gasteiger partial charge in [-0.1, -0.05) is 0 Å². The van der Waals surface area contributed by atoms with Gasteiger partial charge in [0.25, 0.3) is 0 Å². The molecule has 0 bridgehead atoms. The van der Waals surface area contributed by atoms with Crippen molar-refractivity contribution in [3.8, 4) is 0 Å². The molecule has 0 aliphatic carbocycles. The zero-order chi connectivity index (χ0) is 13.9. The average Bonchev–Trinajstić information content (AvgIpc) is 2.14. The summed E-state index contributed by atoms with van der Waals surface area (Å²) in [5, 5.41) is 0. The minimum absolute atomic E-state index is 0.161. The highest BCUT2D eigenvalue weighted by Crippen LogP contribution is 2.48. The smallest absolute Gasteiger partial charge is 0.356 e. The summed E-state index contributed by atoms with van der Waals surface area (Å²) in [5.41, 5.74) is 0. The molecule has 0 spiro atoms. The van der Waals surface area contributed by atoms with Crippen molar-refractivity contribution in [3.05, 3.63) is 0 Å². The van der Waals surface area contributed by atoms with Crippen LogP contribution in [0.1, 0.15) is 13.3 Å². The van der Waals surface area contributed by atoms with E-state index in [1.165, 1.54) is 6.92 Å². The zero-order valence-corrected chi connectivity index (χ0v) is 8.95. The number of hydrogen-bond donors (Lipinski definition) is 0. The van der Waals surface area contributed by atoms with Crippen LogP contribution in [0.4, 0.5) is 30.7 Å². The zero-order valence-electron chi connectivity index (χ0n) is 8.95. The molecule has 0 N–H and O–H groups in total. The molecule has 1 atom stereocenters. The first-order chi connectivity index (χ1) is 7.49. The molecule has 0 fully saturated rings. The van der Waals surface area contributed by atoms with E-state index in [-0.39, 0.29) is 6.61 Å². The first-order valence-electron chi connectivity index (χ1n) is 4.46. The molecule has 17 heavy (non-hydrogen) atoms. The first kappa shape index (κ1) is 16.4. The Labute approximate surface area is 92.7 Å².